The molecular formula is C16H21F2N. The summed E-state index contributed by atoms with van der Waals surface area (Å²) in [6.07, 6.45) is 4.83. The number of halogens is 2. The predicted molar refractivity (Wildman–Crippen MR) is 71.7 cm³/mol. The summed E-state index contributed by atoms with van der Waals surface area (Å²) in [6, 6.07) is 4.03. The van der Waals surface area contributed by atoms with E-state index in [1.165, 1.54) is 31.4 Å². The van der Waals surface area contributed by atoms with Gasteiger partial charge in [0.15, 0.2) is 0 Å². The average molecular weight is 265 g/mol. The molecule has 0 heterocycles. The van der Waals surface area contributed by atoms with Gasteiger partial charge in [0.05, 0.1) is 0 Å². The normalized spacial score (nSPS) is 30.2. The molecule has 1 aromatic rings. The third-order valence-electron chi connectivity index (χ3n) is 4.61. The van der Waals surface area contributed by atoms with Gasteiger partial charge in [0.2, 0.25) is 0 Å². The van der Waals surface area contributed by atoms with E-state index in [1.807, 2.05) is 0 Å². The number of rotatable bonds is 5. The van der Waals surface area contributed by atoms with Crippen molar-refractivity contribution in [3.05, 3.63) is 35.4 Å². The molecule has 1 N–H and O–H groups in total. The van der Waals surface area contributed by atoms with Gasteiger partial charge in [-0.25, -0.2) is 8.78 Å². The van der Waals surface area contributed by atoms with Crippen molar-refractivity contribution in [1.82, 2.24) is 5.32 Å². The maximum absolute atomic E-state index is 13.4. The molecule has 0 aromatic heterocycles. The van der Waals surface area contributed by atoms with Crippen LogP contribution in [0.15, 0.2) is 18.2 Å². The molecule has 3 heteroatoms. The first-order valence-electron chi connectivity index (χ1n) is 7.36. The van der Waals surface area contributed by atoms with E-state index in [2.05, 4.69) is 12.2 Å². The Balaban J connectivity index is 1.80. The number of hydrogen-bond donors (Lipinski definition) is 1. The van der Waals surface area contributed by atoms with Crippen molar-refractivity contribution in [2.75, 3.05) is 6.54 Å². The molecule has 3 atom stereocenters. The zero-order valence-corrected chi connectivity index (χ0v) is 11.3. The Morgan fingerprint density at radius 3 is 2.32 bits per heavy atom. The molecule has 2 fully saturated rings. The fraction of sp³-hybridized carbons (Fsp3) is 0.625. The first-order chi connectivity index (χ1) is 9.17. The lowest BCUT2D eigenvalue weighted by Gasteiger charge is -2.26. The van der Waals surface area contributed by atoms with Crippen molar-refractivity contribution >= 4 is 0 Å². The lowest BCUT2D eigenvalue weighted by Crippen LogP contribution is -2.28. The van der Waals surface area contributed by atoms with Crippen molar-refractivity contribution in [2.24, 2.45) is 17.8 Å². The zero-order valence-electron chi connectivity index (χ0n) is 11.3. The van der Waals surface area contributed by atoms with Gasteiger partial charge < -0.3 is 5.32 Å². The highest BCUT2D eigenvalue weighted by Gasteiger charge is 2.48. The van der Waals surface area contributed by atoms with Gasteiger partial charge in [-0.05, 0) is 67.7 Å². The summed E-state index contributed by atoms with van der Waals surface area (Å²) >= 11 is 0. The van der Waals surface area contributed by atoms with Crippen molar-refractivity contribution in [3.8, 4) is 0 Å². The predicted octanol–water partition coefficient (Wildman–Crippen LogP) is 4.05. The minimum Gasteiger partial charge on any atom is -0.310 e. The smallest absolute Gasteiger partial charge is 0.126 e. The van der Waals surface area contributed by atoms with Crippen molar-refractivity contribution < 1.29 is 8.78 Å². The lowest BCUT2D eigenvalue weighted by atomic mass is 9.89. The Hall–Kier alpha value is -0.960. The fourth-order valence-corrected chi connectivity index (χ4v) is 3.65. The monoisotopic (exact) mass is 265 g/mol. The Labute approximate surface area is 113 Å². The summed E-state index contributed by atoms with van der Waals surface area (Å²) in [5, 5.41) is 3.49. The van der Waals surface area contributed by atoms with Gasteiger partial charge in [0.25, 0.3) is 0 Å². The van der Waals surface area contributed by atoms with Gasteiger partial charge >= 0.3 is 0 Å². The Morgan fingerprint density at radius 2 is 1.74 bits per heavy atom. The molecule has 1 aromatic carbocycles. The molecule has 0 amide bonds. The molecule has 2 aliphatic carbocycles. The minimum atomic E-state index is -0.471. The number of nitrogens with one attached hydrogen (secondary N) is 1. The van der Waals surface area contributed by atoms with Crippen LogP contribution in [0.25, 0.3) is 0 Å². The summed E-state index contributed by atoms with van der Waals surface area (Å²) in [7, 11) is 0. The molecule has 3 rings (SSSR count). The average Bonchev–Trinajstić information content (AvgIpc) is 2.96. The van der Waals surface area contributed by atoms with Gasteiger partial charge in [0, 0.05) is 12.1 Å². The first-order valence-corrected chi connectivity index (χ1v) is 7.36. The largest absolute Gasteiger partial charge is 0.310 e. The van der Waals surface area contributed by atoms with E-state index in [0.29, 0.717) is 5.92 Å². The molecular weight excluding hydrogens is 244 g/mol. The van der Waals surface area contributed by atoms with Gasteiger partial charge in [-0.2, -0.15) is 0 Å². The quantitative estimate of drug-likeness (QED) is 0.847. The van der Waals surface area contributed by atoms with Crippen LogP contribution in [0.5, 0.6) is 0 Å². The van der Waals surface area contributed by atoms with Crippen molar-refractivity contribution in [2.45, 2.75) is 38.6 Å². The number of hydrogen-bond acceptors (Lipinski definition) is 1. The van der Waals surface area contributed by atoms with Crippen LogP contribution in [0.4, 0.5) is 8.78 Å². The topological polar surface area (TPSA) is 12.0 Å². The van der Waals surface area contributed by atoms with E-state index >= 15 is 0 Å². The van der Waals surface area contributed by atoms with E-state index in [1.54, 1.807) is 0 Å². The van der Waals surface area contributed by atoms with E-state index in [4.69, 9.17) is 0 Å². The molecule has 1 nitrogen and oxygen atoms in total. The van der Waals surface area contributed by atoms with E-state index in [0.717, 1.165) is 36.4 Å². The summed E-state index contributed by atoms with van der Waals surface area (Å²) in [6.45, 7) is 3.01. The standard InChI is InChI=1S/C16H21F2N/c1-2-3-19-16(12-5-10-4-11(10)6-12)13-7-14(17)9-15(18)8-13/h7-12,16,19H,2-6H2,1H3. The Kier molecular flexibility index (Phi) is 3.57. The second-order valence-electron chi connectivity index (χ2n) is 6.12. The van der Waals surface area contributed by atoms with Crippen LogP contribution in [0, 0.1) is 29.4 Å². The van der Waals surface area contributed by atoms with Gasteiger partial charge in [-0.1, -0.05) is 6.92 Å². The molecule has 0 spiro atoms. The third kappa shape index (κ3) is 2.81. The summed E-state index contributed by atoms with van der Waals surface area (Å²) in [4.78, 5) is 0. The lowest BCUT2D eigenvalue weighted by molar-refractivity contribution is 0.340. The van der Waals surface area contributed by atoms with Crippen molar-refractivity contribution in [3.63, 3.8) is 0 Å². The van der Waals surface area contributed by atoms with Crippen LogP contribution < -0.4 is 5.32 Å². The molecule has 3 unspecified atom stereocenters. The summed E-state index contributed by atoms with van der Waals surface area (Å²) < 4.78 is 26.8. The van der Waals surface area contributed by atoms with E-state index < -0.39 is 11.6 Å². The molecule has 0 saturated heterocycles. The van der Waals surface area contributed by atoms with Crippen LogP contribution in [-0.2, 0) is 0 Å². The van der Waals surface area contributed by atoms with Gasteiger partial charge in [0.1, 0.15) is 11.6 Å². The van der Waals surface area contributed by atoms with E-state index in [9.17, 15) is 8.78 Å². The minimum absolute atomic E-state index is 0.109. The molecule has 104 valence electrons. The molecule has 0 radical (unpaired) electrons. The van der Waals surface area contributed by atoms with Crippen LogP contribution >= 0.6 is 0 Å². The van der Waals surface area contributed by atoms with Crippen LogP contribution in [0.3, 0.4) is 0 Å². The second kappa shape index (κ2) is 5.20. The van der Waals surface area contributed by atoms with Gasteiger partial charge in [-0.3, -0.25) is 0 Å². The SMILES string of the molecule is CCCNC(c1cc(F)cc(F)c1)C1CC2CC2C1. The highest BCUT2D eigenvalue weighted by atomic mass is 19.1. The number of fused-ring (bicyclic) bond motifs is 1. The first kappa shape index (κ1) is 13.0. The molecule has 2 aliphatic rings. The Morgan fingerprint density at radius 1 is 1.11 bits per heavy atom. The van der Waals surface area contributed by atoms with Crippen LogP contribution in [-0.4, -0.2) is 6.54 Å². The van der Waals surface area contributed by atoms with Gasteiger partial charge in [-0.15, -0.1) is 0 Å². The summed E-state index contributed by atoms with van der Waals surface area (Å²) in [5.74, 6) is 1.36. The molecule has 2 saturated carbocycles. The van der Waals surface area contributed by atoms with E-state index in [-0.39, 0.29) is 6.04 Å². The maximum atomic E-state index is 13.4. The number of benzene rings is 1. The summed E-state index contributed by atoms with van der Waals surface area (Å²) in [5.41, 5.74) is 0.775. The highest BCUT2D eigenvalue weighted by molar-refractivity contribution is 5.23. The molecule has 0 aliphatic heterocycles. The molecule has 19 heavy (non-hydrogen) atoms. The maximum Gasteiger partial charge on any atom is 0.126 e. The highest BCUT2D eigenvalue weighted by Crippen LogP contribution is 2.57. The van der Waals surface area contributed by atoms with Crippen molar-refractivity contribution in [1.29, 1.82) is 0 Å². The third-order valence-corrected chi connectivity index (χ3v) is 4.61. The molecule has 0 bridgehead atoms. The fourth-order valence-electron chi connectivity index (χ4n) is 3.65. The van der Waals surface area contributed by atoms with Crippen LogP contribution in [0.1, 0.15) is 44.2 Å². The van der Waals surface area contributed by atoms with Crippen LogP contribution in [0.2, 0.25) is 0 Å². The zero-order chi connectivity index (χ0) is 13.4. The Bertz CT molecular complexity index is 430. The second-order valence-corrected chi connectivity index (χ2v) is 6.12.